The molecule has 0 saturated heterocycles. The second-order valence-corrected chi connectivity index (χ2v) is 4.05. The summed E-state index contributed by atoms with van der Waals surface area (Å²) >= 11 is 0. The van der Waals surface area contributed by atoms with Gasteiger partial charge < -0.3 is 9.90 Å². The zero-order valence-corrected chi connectivity index (χ0v) is 6.82. The number of fused-ring (bicyclic) bond motifs is 2. The monoisotopic (exact) mass is 168 g/mol. The highest BCUT2D eigenvalue weighted by atomic mass is 16.4. The topological polar surface area (TPSA) is 54.4 Å². The number of carbonyl (C=O) groups is 2. The maximum atomic E-state index is 11.0. The summed E-state index contributed by atoms with van der Waals surface area (Å²) < 4.78 is 0. The molecule has 2 bridgehead atoms. The molecule has 0 aliphatic heterocycles. The van der Waals surface area contributed by atoms with Crippen LogP contribution in [-0.4, -0.2) is 17.4 Å². The Morgan fingerprint density at radius 3 is 2.75 bits per heavy atom. The van der Waals surface area contributed by atoms with E-state index in [-0.39, 0.29) is 5.92 Å². The molecule has 2 aliphatic rings. The van der Waals surface area contributed by atoms with E-state index in [1.165, 1.54) is 0 Å². The van der Waals surface area contributed by atoms with E-state index < -0.39 is 11.4 Å². The lowest BCUT2D eigenvalue weighted by Crippen LogP contribution is -2.34. The quantitative estimate of drug-likeness (QED) is 0.627. The molecule has 0 aromatic rings. The number of carboxylic acid groups (broad SMARTS) is 1. The highest BCUT2D eigenvalue weighted by Gasteiger charge is 2.56. The molecule has 0 spiro atoms. The van der Waals surface area contributed by atoms with Crippen molar-refractivity contribution in [1.29, 1.82) is 0 Å². The molecule has 2 saturated carbocycles. The fourth-order valence-electron chi connectivity index (χ4n) is 2.84. The van der Waals surface area contributed by atoms with Gasteiger partial charge in [0.05, 0.1) is 5.41 Å². The van der Waals surface area contributed by atoms with Crippen molar-refractivity contribution in [3.05, 3.63) is 0 Å². The van der Waals surface area contributed by atoms with Crippen molar-refractivity contribution >= 4 is 12.3 Å². The fourth-order valence-corrected chi connectivity index (χ4v) is 2.84. The van der Waals surface area contributed by atoms with E-state index in [4.69, 9.17) is 5.11 Å². The average Bonchev–Trinajstić information content (AvgIpc) is 2.60. The first-order valence-electron chi connectivity index (χ1n) is 4.38. The van der Waals surface area contributed by atoms with Crippen LogP contribution in [0.1, 0.15) is 25.7 Å². The summed E-state index contributed by atoms with van der Waals surface area (Å²) in [6, 6.07) is 0. The van der Waals surface area contributed by atoms with Crippen molar-refractivity contribution in [2.75, 3.05) is 0 Å². The van der Waals surface area contributed by atoms with Gasteiger partial charge in [-0.1, -0.05) is 0 Å². The van der Waals surface area contributed by atoms with Gasteiger partial charge in [0.15, 0.2) is 0 Å². The number of aliphatic carboxylic acids is 1. The summed E-state index contributed by atoms with van der Waals surface area (Å²) in [5, 5.41) is 9.03. The first kappa shape index (κ1) is 7.77. The van der Waals surface area contributed by atoms with Crippen LogP contribution in [0.2, 0.25) is 0 Å². The SMILES string of the molecule is O=CC1CC2CCC1(C(=O)O)C2. The van der Waals surface area contributed by atoms with Gasteiger partial charge >= 0.3 is 5.97 Å². The number of carbonyl (C=O) groups excluding carboxylic acids is 1. The normalized spacial score (nSPS) is 44.7. The van der Waals surface area contributed by atoms with Crippen molar-refractivity contribution in [3.8, 4) is 0 Å². The zero-order chi connectivity index (χ0) is 8.77. The molecule has 2 aliphatic carbocycles. The predicted molar refractivity (Wildman–Crippen MR) is 41.6 cm³/mol. The summed E-state index contributed by atoms with van der Waals surface area (Å²) in [6.07, 6.45) is 4.07. The van der Waals surface area contributed by atoms with Crippen molar-refractivity contribution < 1.29 is 14.7 Å². The van der Waals surface area contributed by atoms with E-state index in [2.05, 4.69) is 0 Å². The molecule has 0 amide bonds. The summed E-state index contributed by atoms with van der Waals surface area (Å²) in [5.74, 6) is -0.482. The van der Waals surface area contributed by atoms with Crippen LogP contribution in [0.4, 0.5) is 0 Å². The lowest BCUT2D eigenvalue weighted by atomic mass is 9.76. The van der Waals surface area contributed by atoms with Gasteiger partial charge in [-0.15, -0.1) is 0 Å². The van der Waals surface area contributed by atoms with Gasteiger partial charge in [-0.2, -0.15) is 0 Å². The molecule has 1 N–H and O–H groups in total. The third-order valence-corrected chi connectivity index (χ3v) is 3.54. The van der Waals surface area contributed by atoms with Gasteiger partial charge in [0.25, 0.3) is 0 Å². The molecule has 0 aromatic heterocycles. The molecule has 3 atom stereocenters. The fraction of sp³-hybridized carbons (Fsp3) is 0.778. The number of hydrogen-bond donors (Lipinski definition) is 1. The number of hydrogen-bond acceptors (Lipinski definition) is 2. The van der Waals surface area contributed by atoms with Gasteiger partial charge in [0.1, 0.15) is 6.29 Å². The van der Waals surface area contributed by atoms with Gasteiger partial charge in [-0.05, 0) is 31.6 Å². The third-order valence-electron chi connectivity index (χ3n) is 3.54. The van der Waals surface area contributed by atoms with Gasteiger partial charge in [-0.25, -0.2) is 0 Å². The Hall–Kier alpha value is -0.860. The van der Waals surface area contributed by atoms with E-state index in [1.54, 1.807) is 0 Å². The maximum Gasteiger partial charge on any atom is 0.310 e. The van der Waals surface area contributed by atoms with Crippen molar-refractivity contribution in [2.24, 2.45) is 17.3 Å². The molecule has 2 rings (SSSR count). The molecule has 3 nitrogen and oxygen atoms in total. The first-order chi connectivity index (χ1) is 5.69. The van der Waals surface area contributed by atoms with Crippen molar-refractivity contribution in [3.63, 3.8) is 0 Å². The predicted octanol–water partition coefficient (Wildman–Crippen LogP) is 1.08. The molecule has 66 valence electrons. The molecule has 0 heterocycles. The minimum Gasteiger partial charge on any atom is -0.481 e. The summed E-state index contributed by atoms with van der Waals surface area (Å²) in [6.45, 7) is 0. The highest BCUT2D eigenvalue weighted by molar-refractivity contribution is 5.80. The summed E-state index contributed by atoms with van der Waals surface area (Å²) in [5.41, 5.74) is -0.674. The number of rotatable bonds is 2. The van der Waals surface area contributed by atoms with Crippen molar-refractivity contribution in [2.45, 2.75) is 25.7 Å². The van der Waals surface area contributed by atoms with Crippen LogP contribution in [-0.2, 0) is 9.59 Å². The number of carboxylic acids is 1. The molecule has 12 heavy (non-hydrogen) atoms. The minimum atomic E-state index is -0.764. The van der Waals surface area contributed by atoms with Gasteiger partial charge in [0, 0.05) is 5.92 Å². The molecule has 2 fully saturated rings. The molecule has 0 aromatic carbocycles. The van der Waals surface area contributed by atoms with Crippen LogP contribution in [0.25, 0.3) is 0 Å². The van der Waals surface area contributed by atoms with E-state index in [9.17, 15) is 9.59 Å². The number of aldehydes is 1. The lowest BCUT2D eigenvalue weighted by molar-refractivity contribution is -0.152. The summed E-state index contributed by atoms with van der Waals surface area (Å²) in [4.78, 5) is 21.6. The largest absolute Gasteiger partial charge is 0.481 e. The first-order valence-corrected chi connectivity index (χ1v) is 4.38. The Bertz CT molecular complexity index is 236. The molecule has 3 heteroatoms. The third kappa shape index (κ3) is 0.765. The smallest absolute Gasteiger partial charge is 0.310 e. The van der Waals surface area contributed by atoms with Crippen molar-refractivity contribution in [1.82, 2.24) is 0 Å². The van der Waals surface area contributed by atoms with E-state index in [1.807, 2.05) is 0 Å². The Kier molecular flexibility index (Phi) is 1.50. The van der Waals surface area contributed by atoms with Crippen LogP contribution in [0.3, 0.4) is 0 Å². The Labute approximate surface area is 70.8 Å². The Morgan fingerprint density at radius 1 is 1.58 bits per heavy atom. The van der Waals surface area contributed by atoms with Gasteiger partial charge in [0.2, 0.25) is 0 Å². The minimum absolute atomic E-state index is 0.214. The second kappa shape index (κ2) is 2.31. The van der Waals surface area contributed by atoms with Crippen LogP contribution in [0.5, 0.6) is 0 Å². The van der Waals surface area contributed by atoms with Crippen LogP contribution in [0.15, 0.2) is 0 Å². The Morgan fingerprint density at radius 2 is 2.33 bits per heavy atom. The van der Waals surface area contributed by atoms with Crippen LogP contribution < -0.4 is 0 Å². The Balaban J connectivity index is 2.31. The van der Waals surface area contributed by atoms with Gasteiger partial charge in [-0.3, -0.25) is 4.79 Å². The standard InChI is InChI=1S/C9H12O3/c10-5-7-3-6-1-2-9(7,4-6)8(11)12/h5-7H,1-4H2,(H,11,12). The zero-order valence-electron chi connectivity index (χ0n) is 6.82. The maximum absolute atomic E-state index is 11.0. The highest BCUT2D eigenvalue weighted by Crippen LogP contribution is 2.56. The average molecular weight is 168 g/mol. The van der Waals surface area contributed by atoms with E-state index in [0.29, 0.717) is 12.3 Å². The van der Waals surface area contributed by atoms with Crippen LogP contribution in [0, 0.1) is 17.3 Å². The molecule has 3 unspecified atom stereocenters. The molecular weight excluding hydrogens is 156 g/mol. The molecular formula is C9H12O3. The molecule has 0 radical (unpaired) electrons. The second-order valence-electron chi connectivity index (χ2n) is 4.05. The van der Waals surface area contributed by atoms with E-state index >= 15 is 0 Å². The van der Waals surface area contributed by atoms with Crippen LogP contribution >= 0.6 is 0 Å². The summed E-state index contributed by atoms with van der Waals surface area (Å²) in [7, 11) is 0. The lowest BCUT2D eigenvalue weighted by Gasteiger charge is -2.26. The van der Waals surface area contributed by atoms with E-state index in [0.717, 1.165) is 25.5 Å².